The Labute approximate surface area is 87.7 Å². The molecule has 0 saturated heterocycles. The zero-order chi connectivity index (χ0) is 10.1. The predicted octanol–water partition coefficient (Wildman–Crippen LogP) is 0.948. The van der Waals surface area contributed by atoms with Crippen LogP contribution in [0.25, 0.3) is 0 Å². The fourth-order valence-electron chi connectivity index (χ4n) is 1.36. The van der Waals surface area contributed by atoms with E-state index in [2.05, 4.69) is 10.2 Å². The lowest BCUT2D eigenvalue weighted by Gasteiger charge is -2.08. The second-order valence-corrected chi connectivity index (χ2v) is 3.65. The SMILES string of the molecule is CC1=NN=C(c2ccccc2Cl)[NH+]1C. The lowest BCUT2D eigenvalue weighted by atomic mass is 10.2. The topological polar surface area (TPSA) is 29.2 Å². The molecular formula is C10H11ClN3+. The van der Waals surface area contributed by atoms with Crippen molar-refractivity contribution in [1.29, 1.82) is 0 Å². The minimum absolute atomic E-state index is 0.718. The van der Waals surface area contributed by atoms with E-state index in [1.54, 1.807) is 0 Å². The van der Waals surface area contributed by atoms with Crippen LogP contribution in [0.5, 0.6) is 0 Å². The predicted molar refractivity (Wildman–Crippen MR) is 58.0 cm³/mol. The van der Waals surface area contributed by atoms with Gasteiger partial charge in [0, 0.05) is 6.92 Å². The molecule has 0 radical (unpaired) electrons. The van der Waals surface area contributed by atoms with Crippen molar-refractivity contribution < 1.29 is 4.90 Å². The van der Waals surface area contributed by atoms with Gasteiger partial charge in [0.1, 0.15) is 0 Å². The van der Waals surface area contributed by atoms with Crippen molar-refractivity contribution >= 4 is 23.3 Å². The van der Waals surface area contributed by atoms with Crippen molar-refractivity contribution in [3.05, 3.63) is 34.9 Å². The van der Waals surface area contributed by atoms with Crippen molar-refractivity contribution in [2.24, 2.45) is 10.2 Å². The van der Waals surface area contributed by atoms with Gasteiger partial charge < -0.3 is 0 Å². The van der Waals surface area contributed by atoms with Gasteiger partial charge in [-0.15, -0.1) is 0 Å². The van der Waals surface area contributed by atoms with Crippen LogP contribution in [-0.4, -0.2) is 18.7 Å². The van der Waals surface area contributed by atoms with Gasteiger partial charge in [-0.3, -0.25) is 0 Å². The van der Waals surface area contributed by atoms with Crippen molar-refractivity contribution in [1.82, 2.24) is 0 Å². The Morgan fingerprint density at radius 3 is 2.50 bits per heavy atom. The highest BCUT2D eigenvalue weighted by Crippen LogP contribution is 2.14. The van der Waals surface area contributed by atoms with Gasteiger partial charge in [0.2, 0.25) is 5.84 Å². The molecule has 14 heavy (non-hydrogen) atoms. The number of halogens is 1. The summed E-state index contributed by atoms with van der Waals surface area (Å²) >= 11 is 6.07. The second-order valence-electron chi connectivity index (χ2n) is 3.24. The lowest BCUT2D eigenvalue weighted by molar-refractivity contribution is -0.671. The van der Waals surface area contributed by atoms with E-state index in [1.165, 1.54) is 0 Å². The number of nitrogens with zero attached hydrogens (tertiary/aromatic N) is 2. The number of rotatable bonds is 1. The molecule has 1 aromatic carbocycles. The largest absolute Gasteiger partial charge is 0.260 e. The monoisotopic (exact) mass is 208 g/mol. The molecule has 0 fully saturated rings. The van der Waals surface area contributed by atoms with Gasteiger partial charge in [0.15, 0.2) is 0 Å². The fourth-order valence-corrected chi connectivity index (χ4v) is 1.58. The molecule has 1 atom stereocenters. The van der Waals surface area contributed by atoms with E-state index in [1.807, 2.05) is 38.2 Å². The highest BCUT2D eigenvalue weighted by molar-refractivity contribution is 6.33. The number of nitrogens with one attached hydrogen (secondary N) is 1. The van der Waals surface area contributed by atoms with Crippen LogP contribution in [-0.2, 0) is 0 Å². The minimum Gasteiger partial charge on any atom is -0.241 e. The molecule has 4 heteroatoms. The van der Waals surface area contributed by atoms with Crippen LogP contribution >= 0.6 is 11.6 Å². The lowest BCUT2D eigenvalue weighted by Crippen LogP contribution is -3.12. The van der Waals surface area contributed by atoms with E-state index >= 15 is 0 Å². The second kappa shape index (κ2) is 3.52. The van der Waals surface area contributed by atoms with Crippen molar-refractivity contribution in [3.8, 4) is 0 Å². The molecule has 3 nitrogen and oxygen atoms in total. The standard InChI is InChI=1S/C10H10ClN3/c1-7-12-13-10(14(7)2)8-5-3-4-6-9(8)11/h3-6H,1-2H3/p+1. The molecule has 1 N–H and O–H groups in total. The third-order valence-electron chi connectivity index (χ3n) is 2.33. The van der Waals surface area contributed by atoms with E-state index in [4.69, 9.17) is 11.6 Å². The maximum absolute atomic E-state index is 6.07. The van der Waals surface area contributed by atoms with Gasteiger partial charge >= 0.3 is 0 Å². The van der Waals surface area contributed by atoms with Crippen LogP contribution in [0, 0.1) is 0 Å². The summed E-state index contributed by atoms with van der Waals surface area (Å²) in [6.07, 6.45) is 0. The van der Waals surface area contributed by atoms with Crippen molar-refractivity contribution in [3.63, 3.8) is 0 Å². The minimum atomic E-state index is 0.718. The Morgan fingerprint density at radius 2 is 1.93 bits per heavy atom. The van der Waals surface area contributed by atoms with Gasteiger partial charge in [0.05, 0.1) is 17.6 Å². The van der Waals surface area contributed by atoms with Gasteiger partial charge in [-0.2, -0.15) is 0 Å². The normalized spacial score (nSPS) is 20.6. The average Bonchev–Trinajstić information content (AvgIpc) is 2.49. The van der Waals surface area contributed by atoms with Crippen LogP contribution in [0.15, 0.2) is 34.5 Å². The molecule has 1 aromatic rings. The average molecular weight is 209 g/mol. The molecule has 0 bridgehead atoms. The first-order valence-corrected chi connectivity index (χ1v) is 4.79. The number of benzene rings is 1. The highest BCUT2D eigenvalue weighted by Gasteiger charge is 2.25. The smallest absolute Gasteiger partial charge is 0.241 e. The molecule has 0 aromatic heterocycles. The molecule has 0 amide bonds. The number of hydrogen-bond acceptors (Lipinski definition) is 2. The van der Waals surface area contributed by atoms with Gasteiger partial charge in [-0.05, 0) is 12.1 Å². The maximum Gasteiger partial charge on any atom is 0.260 e. The molecule has 0 saturated carbocycles. The Hall–Kier alpha value is -1.19. The Kier molecular flexibility index (Phi) is 2.35. The van der Waals surface area contributed by atoms with Crippen LogP contribution < -0.4 is 4.90 Å². The number of quaternary nitrogens is 1. The zero-order valence-electron chi connectivity index (χ0n) is 8.08. The molecule has 1 heterocycles. The summed E-state index contributed by atoms with van der Waals surface area (Å²) in [4.78, 5) is 1.10. The maximum atomic E-state index is 6.07. The van der Waals surface area contributed by atoms with E-state index in [0.717, 1.165) is 27.2 Å². The van der Waals surface area contributed by atoms with E-state index in [0.29, 0.717) is 0 Å². The first-order chi connectivity index (χ1) is 6.70. The molecule has 1 aliphatic heterocycles. The molecular weight excluding hydrogens is 198 g/mol. The van der Waals surface area contributed by atoms with Crippen LogP contribution in [0.2, 0.25) is 5.02 Å². The molecule has 2 rings (SSSR count). The molecule has 0 aliphatic carbocycles. The summed E-state index contributed by atoms with van der Waals surface area (Å²) < 4.78 is 0. The van der Waals surface area contributed by atoms with Crippen molar-refractivity contribution in [2.45, 2.75) is 6.92 Å². The van der Waals surface area contributed by atoms with Crippen LogP contribution in [0.1, 0.15) is 12.5 Å². The zero-order valence-corrected chi connectivity index (χ0v) is 8.84. The summed E-state index contributed by atoms with van der Waals surface area (Å²) in [5, 5.41) is 8.86. The van der Waals surface area contributed by atoms with Gasteiger partial charge in [-0.1, -0.05) is 33.9 Å². The third kappa shape index (κ3) is 1.45. The van der Waals surface area contributed by atoms with Crippen LogP contribution in [0.3, 0.4) is 0 Å². The highest BCUT2D eigenvalue weighted by atomic mass is 35.5. The molecule has 0 spiro atoms. The third-order valence-corrected chi connectivity index (χ3v) is 2.66. The number of amidine groups is 2. The molecule has 1 aliphatic rings. The molecule has 72 valence electrons. The molecule has 1 unspecified atom stereocenters. The number of hydrogen-bond donors (Lipinski definition) is 1. The Morgan fingerprint density at radius 1 is 1.21 bits per heavy atom. The first-order valence-electron chi connectivity index (χ1n) is 4.41. The summed E-state index contributed by atoms with van der Waals surface area (Å²) in [5.41, 5.74) is 0.951. The summed E-state index contributed by atoms with van der Waals surface area (Å²) in [5.74, 6) is 1.84. The quantitative estimate of drug-likeness (QED) is 0.712. The summed E-state index contributed by atoms with van der Waals surface area (Å²) in [6, 6.07) is 7.67. The van der Waals surface area contributed by atoms with Crippen LogP contribution in [0.4, 0.5) is 0 Å². The summed E-state index contributed by atoms with van der Waals surface area (Å²) in [6.45, 7) is 1.95. The Balaban J connectivity index is 2.40. The summed E-state index contributed by atoms with van der Waals surface area (Å²) in [7, 11) is 2.01. The fraction of sp³-hybridized carbons (Fsp3) is 0.200. The van der Waals surface area contributed by atoms with Crippen molar-refractivity contribution in [2.75, 3.05) is 7.05 Å². The van der Waals surface area contributed by atoms with E-state index < -0.39 is 0 Å². The van der Waals surface area contributed by atoms with Gasteiger partial charge in [-0.25, -0.2) is 4.90 Å². The van der Waals surface area contributed by atoms with E-state index in [-0.39, 0.29) is 0 Å². The van der Waals surface area contributed by atoms with Gasteiger partial charge in [0.25, 0.3) is 5.84 Å². The first kappa shape index (κ1) is 9.37. The Bertz CT molecular complexity index is 423. The van der Waals surface area contributed by atoms with E-state index in [9.17, 15) is 0 Å².